The second kappa shape index (κ2) is 5.71. The molecule has 22 heavy (non-hydrogen) atoms. The smallest absolute Gasteiger partial charge is 0.233 e. The first-order valence-electron chi connectivity index (χ1n) is 7.88. The minimum absolute atomic E-state index is 0.0427. The number of halogens is 1. The molecule has 2 fully saturated rings. The lowest BCUT2D eigenvalue weighted by molar-refractivity contribution is -0.136. The van der Waals surface area contributed by atoms with Crippen LogP contribution in [0.2, 0.25) is 0 Å². The third-order valence-corrected chi connectivity index (χ3v) is 5.13. The number of hydrogen-bond donors (Lipinski definition) is 1. The molecule has 1 aliphatic heterocycles. The lowest BCUT2D eigenvalue weighted by Gasteiger charge is -2.33. The summed E-state index contributed by atoms with van der Waals surface area (Å²) in [5.41, 5.74) is 5.08. The molecule has 2 aliphatic rings. The Morgan fingerprint density at radius 3 is 2.50 bits per heavy atom. The fourth-order valence-corrected chi connectivity index (χ4v) is 3.91. The van der Waals surface area contributed by atoms with Crippen molar-refractivity contribution >= 4 is 11.8 Å². The van der Waals surface area contributed by atoms with E-state index in [1.807, 2.05) is 0 Å². The number of likely N-dealkylation sites (tertiary alicyclic amines) is 1. The van der Waals surface area contributed by atoms with Gasteiger partial charge in [-0.2, -0.15) is 0 Å². The molecule has 1 saturated carbocycles. The molecule has 1 aliphatic carbocycles. The molecule has 0 radical (unpaired) electrons. The van der Waals surface area contributed by atoms with Gasteiger partial charge in [-0.05, 0) is 25.3 Å². The highest BCUT2D eigenvalue weighted by molar-refractivity contribution is 5.90. The molecule has 1 atom stereocenters. The second-order valence-electron chi connectivity index (χ2n) is 6.41. The van der Waals surface area contributed by atoms with Gasteiger partial charge in [0.1, 0.15) is 5.82 Å². The van der Waals surface area contributed by atoms with Crippen LogP contribution >= 0.6 is 0 Å². The summed E-state index contributed by atoms with van der Waals surface area (Å²) in [7, 11) is 0. The molecule has 1 aromatic carbocycles. The third-order valence-electron chi connectivity index (χ3n) is 5.13. The quantitative estimate of drug-likeness (QED) is 0.928. The minimum atomic E-state index is -0.766. The number of nitrogens with zero attached hydrogens (tertiary/aromatic N) is 1. The number of rotatable bonds is 3. The lowest BCUT2D eigenvalue weighted by atomic mass is 9.77. The van der Waals surface area contributed by atoms with E-state index in [2.05, 4.69) is 0 Å². The first-order chi connectivity index (χ1) is 10.5. The molecule has 4 nitrogen and oxygen atoms in total. The maximum atomic E-state index is 14.3. The van der Waals surface area contributed by atoms with E-state index < -0.39 is 5.41 Å². The highest BCUT2D eigenvalue weighted by Gasteiger charge is 2.47. The second-order valence-corrected chi connectivity index (χ2v) is 6.41. The molecule has 1 heterocycles. The Morgan fingerprint density at radius 1 is 1.23 bits per heavy atom. The van der Waals surface area contributed by atoms with Crippen molar-refractivity contribution < 1.29 is 14.0 Å². The zero-order valence-corrected chi connectivity index (χ0v) is 12.6. The first-order valence-corrected chi connectivity index (χ1v) is 7.88. The van der Waals surface area contributed by atoms with Gasteiger partial charge in [0.2, 0.25) is 11.8 Å². The molecule has 1 unspecified atom stereocenters. The van der Waals surface area contributed by atoms with Gasteiger partial charge in [-0.15, -0.1) is 0 Å². The minimum Gasteiger partial charge on any atom is -0.369 e. The Balaban J connectivity index is 1.90. The largest absolute Gasteiger partial charge is 0.369 e. The van der Waals surface area contributed by atoms with Crippen molar-refractivity contribution in [2.45, 2.75) is 37.5 Å². The van der Waals surface area contributed by atoms with Gasteiger partial charge in [0.25, 0.3) is 0 Å². The van der Waals surface area contributed by atoms with Crippen molar-refractivity contribution in [3.8, 4) is 0 Å². The average molecular weight is 304 g/mol. The summed E-state index contributed by atoms with van der Waals surface area (Å²) in [5.74, 6) is -0.994. The van der Waals surface area contributed by atoms with E-state index in [1.54, 1.807) is 23.1 Å². The van der Waals surface area contributed by atoms with E-state index in [1.165, 1.54) is 6.07 Å². The highest BCUT2D eigenvalue weighted by Crippen LogP contribution is 2.44. The molecule has 3 rings (SSSR count). The molecule has 2 N–H and O–H groups in total. The van der Waals surface area contributed by atoms with Crippen LogP contribution in [0, 0.1) is 11.7 Å². The van der Waals surface area contributed by atoms with E-state index in [-0.39, 0.29) is 23.5 Å². The predicted octanol–water partition coefficient (Wildman–Crippen LogP) is 1.97. The van der Waals surface area contributed by atoms with E-state index in [4.69, 9.17) is 5.73 Å². The molecule has 2 amide bonds. The zero-order valence-electron chi connectivity index (χ0n) is 12.6. The Hall–Kier alpha value is -1.91. The number of primary amides is 1. The van der Waals surface area contributed by atoms with Gasteiger partial charge in [0.05, 0.1) is 11.3 Å². The van der Waals surface area contributed by atoms with Crippen molar-refractivity contribution in [1.82, 2.24) is 4.90 Å². The summed E-state index contributed by atoms with van der Waals surface area (Å²) < 4.78 is 14.3. The SMILES string of the molecule is NC(=O)C1CCN(C(=O)C2(c3ccccc3F)CCCC2)C1. The van der Waals surface area contributed by atoms with Crippen molar-refractivity contribution in [1.29, 1.82) is 0 Å². The fraction of sp³-hybridized carbons (Fsp3) is 0.529. The van der Waals surface area contributed by atoms with Gasteiger partial charge >= 0.3 is 0 Å². The van der Waals surface area contributed by atoms with Crippen LogP contribution in [0.15, 0.2) is 24.3 Å². The van der Waals surface area contributed by atoms with Gasteiger partial charge in [-0.1, -0.05) is 31.0 Å². The van der Waals surface area contributed by atoms with E-state index >= 15 is 0 Å². The van der Waals surface area contributed by atoms with Gasteiger partial charge in [-0.3, -0.25) is 9.59 Å². The first kappa shape index (κ1) is 15.0. The molecule has 1 saturated heterocycles. The van der Waals surface area contributed by atoms with Crippen LogP contribution in [0.1, 0.15) is 37.7 Å². The maximum absolute atomic E-state index is 14.3. The summed E-state index contributed by atoms with van der Waals surface area (Å²) in [6, 6.07) is 6.56. The van der Waals surface area contributed by atoms with Crippen LogP contribution < -0.4 is 5.73 Å². The van der Waals surface area contributed by atoms with E-state index in [0.29, 0.717) is 37.9 Å². The van der Waals surface area contributed by atoms with Gasteiger partial charge in [0, 0.05) is 18.7 Å². The molecule has 118 valence electrons. The maximum Gasteiger partial charge on any atom is 0.233 e. The van der Waals surface area contributed by atoms with Crippen molar-refractivity contribution in [3.05, 3.63) is 35.6 Å². The van der Waals surface area contributed by atoms with Crippen molar-refractivity contribution in [2.75, 3.05) is 13.1 Å². The van der Waals surface area contributed by atoms with Crippen LogP contribution in [-0.4, -0.2) is 29.8 Å². The zero-order chi connectivity index (χ0) is 15.7. The Kier molecular flexibility index (Phi) is 3.89. The van der Waals surface area contributed by atoms with Crippen LogP contribution in [0.3, 0.4) is 0 Å². The summed E-state index contributed by atoms with van der Waals surface area (Å²) in [4.78, 5) is 26.1. The Morgan fingerprint density at radius 2 is 1.91 bits per heavy atom. The van der Waals surface area contributed by atoms with Gasteiger partial charge in [-0.25, -0.2) is 4.39 Å². The van der Waals surface area contributed by atoms with Crippen molar-refractivity contribution in [2.24, 2.45) is 11.7 Å². The fourth-order valence-electron chi connectivity index (χ4n) is 3.91. The molecule has 0 aromatic heterocycles. The number of nitrogens with two attached hydrogens (primary N) is 1. The predicted molar refractivity (Wildman–Crippen MR) is 80.4 cm³/mol. The molecule has 5 heteroatoms. The standard InChI is InChI=1S/C17H21FN2O2/c18-14-6-2-1-5-13(14)17(8-3-4-9-17)16(22)20-10-7-12(11-20)15(19)21/h1-2,5-6,12H,3-4,7-11H2,(H2,19,21). The normalized spacial score (nSPS) is 23.7. The number of carbonyl (C=O) groups is 2. The monoisotopic (exact) mass is 304 g/mol. The molecular weight excluding hydrogens is 283 g/mol. The van der Waals surface area contributed by atoms with Crippen LogP contribution in [0.4, 0.5) is 4.39 Å². The Bertz CT molecular complexity index is 596. The topological polar surface area (TPSA) is 63.4 Å². The molecular formula is C17H21FN2O2. The molecule has 0 spiro atoms. The summed E-state index contributed by atoms with van der Waals surface area (Å²) >= 11 is 0. The molecule has 0 bridgehead atoms. The number of benzene rings is 1. The van der Waals surface area contributed by atoms with Gasteiger partial charge in [0.15, 0.2) is 0 Å². The van der Waals surface area contributed by atoms with Crippen LogP contribution in [0.5, 0.6) is 0 Å². The van der Waals surface area contributed by atoms with Crippen molar-refractivity contribution in [3.63, 3.8) is 0 Å². The summed E-state index contributed by atoms with van der Waals surface area (Å²) in [5, 5.41) is 0. The number of carbonyl (C=O) groups excluding carboxylic acids is 2. The summed E-state index contributed by atoms with van der Waals surface area (Å²) in [6.07, 6.45) is 3.80. The summed E-state index contributed by atoms with van der Waals surface area (Å²) in [6.45, 7) is 0.896. The highest BCUT2D eigenvalue weighted by atomic mass is 19.1. The van der Waals surface area contributed by atoms with Crippen LogP contribution in [0.25, 0.3) is 0 Å². The number of amides is 2. The Labute approximate surface area is 129 Å². The van der Waals surface area contributed by atoms with E-state index in [0.717, 1.165) is 12.8 Å². The third kappa shape index (κ3) is 2.38. The van der Waals surface area contributed by atoms with Crippen LogP contribution in [-0.2, 0) is 15.0 Å². The molecule has 1 aromatic rings. The van der Waals surface area contributed by atoms with Gasteiger partial charge < -0.3 is 10.6 Å². The lowest BCUT2D eigenvalue weighted by Crippen LogP contribution is -2.45. The van der Waals surface area contributed by atoms with E-state index in [9.17, 15) is 14.0 Å². The number of hydrogen-bond acceptors (Lipinski definition) is 2. The average Bonchev–Trinajstić information content (AvgIpc) is 3.17.